The van der Waals surface area contributed by atoms with Crippen LogP contribution in [0.3, 0.4) is 0 Å². The zero-order chi connectivity index (χ0) is 14.5. The van der Waals surface area contributed by atoms with Gasteiger partial charge in [-0.05, 0) is 17.7 Å². The van der Waals surface area contributed by atoms with Gasteiger partial charge >= 0.3 is 0 Å². The molecule has 2 N–H and O–H groups in total. The molecular weight excluding hydrogens is 285 g/mol. The molecule has 0 radical (unpaired) electrons. The molecule has 20 heavy (non-hydrogen) atoms. The molecule has 0 bridgehead atoms. The molecule has 1 fully saturated rings. The summed E-state index contributed by atoms with van der Waals surface area (Å²) in [6.45, 7) is -0.184. The summed E-state index contributed by atoms with van der Waals surface area (Å²) >= 11 is 1.16. The van der Waals surface area contributed by atoms with E-state index in [-0.39, 0.29) is 6.54 Å². The maximum absolute atomic E-state index is 13.9. The van der Waals surface area contributed by atoms with Crippen molar-refractivity contribution >= 4 is 11.8 Å². The fourth-order valence-corrected chi connectivity index (χ4v) is 2.96. The number of hydrogen-bond acceptors (Lipinski definition) is 5. The Labute approximate surface area is 119 Å². The van der Waals surface area contributed by atoms with Crippen molar-refractivity contribution in [2.75, 3.05) is 6.54 Å². The van der Waals surface area contributed by atoms with Crippen LogP contribution in [0, 0.1) is 0 Å². The van der Waals surface area contributed by atoms with Crippen LogP contribution in [0.4, 0.5) is 4.39 Å². The summed E-state index contributed by atoms with van der Waals surface area (Å²) in [6, 6.07) is 9.09. The summed E-state index contributed by atoms with van der Waals surface area (Å²) in [7, 11) is 0. The number of rotatable bonds is 4. The Morgan fingerprint density at radius 3 is 2.65 bits per heavy atom. The van der Waals surface area contributed by atoms with Crippen LogP contribution in [0.25, 0.3) is 10.4 Å². The van der Waals surface area contributed by atoms with Gasteiger partial charge in [-0.1, -0.05) is 35.1 Å². The number of benzene rings is 1. The maximum Gasteiger partial charge on any atom is 0.158 e. The van der Waals surface area contributed by atoms with E-state index in [0.29, 0.717) is 0 Å². The van der Waals surface area contributed by atoms with E-state index in [0.717, 1.165) is 16.7 Å². The number of alkyl halides is 1. The number of ether oxygens (including phenoxy) is 1. The molecule has 0 spiro atoms. The first-order valence-corrected chi connectivity index (χ1v) is 6.89. The molecule has 1 saturated heterocycles. The number of nitrogens with zero attached hydrogens (tertiary/aromatic N) is 3. The molecule has 108 valence electrons. The van der Waals surface area contributed by atoms with Crippen LogP contribution < -0.4 is 0 Å². The van der Waals surface area contributed by atoms with E-state index >= 15 is 0 Å². The highest BCUT2D eigenvalue weighted by Crippen LogP contribution is 2.34. The Morgan fingerprint density at radius 2 is 2.00 bits per heavy atom. The van der Waals surface area contributed by atoms with Crippen LogP contribution in [-0.4, -0.2) is 46.7 Å². The minimum Gasteiger partial charge on any atom is -0.387 e. The molecule has 0 saturated carbocycles. The summed E-state index contributed by atoms with van der Waals surface area (Å²) in [5.74, 6) is 0. The molecule has 1 aliphatic rings. The number of hydrogen-bond donors (Lipinski definition) is 2. The van der Waals surface area contributed by atoms with Gasteiger partial charge in [0.2, 0.25) is 0 Å². The zero-order valence-corrected chi connectivity index (χ0v) is 11.2. The van der Waals surface area contributed by atoms with Gasteiger partial charge < -0.3 is 14.9 Å². The largest absolute Gasteiger partial charge is 0.387 e. The molecule has 0 aromatic heterocycles. The van der Waals surface area contributed by atoms with Gasteiger partial charge in [-0.2, -0.15) is 0 Å². The van der Waals surface area contributed by atoms with Crippen molar-refractivity contribution in [2.24, 2.45) is 5.11 Å². The van der Waals surface area contributed by atoms with E-state index in [4.69, 9.17) is 10.3 Å². The minimum atomic E-state index is -1.84. The highest BCUT2D eigenvalue weighted by molar-refractivity contribution is 7.99. The van der Waals surface area contributed by atoms with Crippen molar-refractivity contribution < 1.29 is 19.3 Å². The summed E-state index contributed by atoms with van der Waals surface area (Å²) < 4.78 is 19.3. The normalized spacial score (nSPS) is 33.5. The van der Waals surface area contributed by atoms with E-state index in [1.807, 2.05) is 30.3 Å². The van der Waals surface area contributed by atoms with Crippen LogP contribution in [0.15, 0.2) is 40.3 Å². The van der Waals surface area contributed by atoms with Crippen LogP contribution in [0.5, 0.6) is 0 Å². The monoisotopic (exact) mass is 299 g/mol. The SMILES string of the molecule is [N-]=[N+]=NCC1O[C@@H](Sc2ccccc2)[C@H](O)[C@@H](F)[C@@H]1O. The third-order valence-corrected chi connectivity index (χ3v) is 4.11. The summed E-state index contributed by atoms with van der Waals surface area (Å²) in [5.41, 5.74) is 7.41. The topological polar surface area (TPSA) is 98.5 Å². The lowest BCUT2D eigenvalue weighted by Gasteiger charge is -2.38. The first-order valence-electron chi connectivity index (χ1n) is 6.01. The lowest BCUT2D eigenvalue weighted by atomic mass is 10.0. The maximum atomic E-state index is 13.9. The molecule has 1 heterocycles. The zero-order valence-electron chi connectivity index (χ0n) is 10.4. The molecule has 1 aromatic rings. The molecule has 1 aromatic carbocycles. The Balaban J connectivity index is 2.09. The second-order valence-corrected chi connectivity index (χ2v) is 5.48. The van der Waals surface area contributed by atoms with Crippen molar-refractivity contribution in [1.29, 1.82) is 0 Å². The molecule has 1 unspecified atom stereocenters. The number of aliphatic hydroxyl groups excluding tert-OH is 2. The second kappa shape index (κ2) is 6.92. The minimum absolute atomic E-state index is 0.184. The number of azide groups is 1. The summed E-state index contributed by atoms with van der Waals surface area (Å²) in [5, 5.41) is 22.8. The van der Waals surface area contributed by atoms with Gasteiger partial charge in [-0.25, -0.2) is 4.39 Å². The quantitative estimate of drug-likeness (QED) is 0.503. The fourth-order valence-electron chi connectivity index (χ4n) is 1.89. The lowest BCUT2D eigenvalue weighted by molar-refractivity contribution is -0.173. The molecule has 6 nitrogen and oxygen atoms in total. The average Bonchev–Trinajstić information content (AvgIpc) is 2.48. The predicted molar refractivity (Wildman–Crippen MR) is 71.9 cm³/mol. The van der Waals surface area contributed by atoms with E-state index in [1.54, 1.807) is 0 Å². The van der Waals surface area contributed by atoms with E-state index < -0.39 is 29.9 Å². The lowest BCUT2D eigenvalue weighted by Crippen LogP contribution is -2.55. The molecular formula is C12H14FN3O3S. The number of thioether (sulfide) groups is 1. The smallest absolute Gasteiger partial charge is 0.158 e. The standard InChI is InChI=1S/C12H14FN3O3S/c13-9-10(17)8(6-15-16-14)19-12(11(9)18)20-7-4-2-1-3-5-7/h1-5,8-12,17-18H,6H2/t8?,9-,10+,11+,12-/m0/s1. The Bertz CT molecular complexity index is 486. The van der Waals surface area contributed by atoms with Gasteiger partial charge in [0.15, 0.2) is 6.17 Å². The van der Waals surface area contributed by atoms with Gasteiger partial charge in [0.25, 0.3) is 0 Å². The van der Waals surface area contributed by atoms with Crippen LogP contribution >= 0.6 is 11.8 Å². The van der Waals surface area contributed by atoms with Crippen LogP contribution in [0.2, 0.25) is 0 Å². The van der Waals surface area contributed by atoms with E-state index in [2.05, 4.69) is 10.0 Å². The Morgan fingerprint density at radius 1 is 1.30 bits per heavy atom. The van der Waals surface area contributed by atoms with Gasteiger partial charge in [0, 0.05) is 9.81 Å². The molecule has 0 aliphatic carbocycles. The van der Waals surface area contributed by atoms with E-state index in [1.165, 1.54) is 0 Å². The highest BCUT2D eigenvalue weighted by Gasteiger charge is 2.44. The van der Waals surface area contributed by atoms with Crippen molar-refractivity contribution in [3.63, 3.8) is 0 Å². The van der Waals surface area contributed by atoms with Crippen LogP contribution in [-0.2, 0) is 4.74 Å². The third-order valence-electron chi connectivity index (χ3n) is 2.94. The molecule has 2 rings (SSSR count). The summed E-state index contributed by atoms with van der Waals surface area (Å²) in [4.78, 5) is 3.37. The highest BCUT2D eigenvalue weighted by atomic mass is 32.2. The average molecular weight is 299 g/mol. The first-order chi connectivity index (χ1) is 9.63. The molecule has 5 atom stereocenters. The number of halogens is 1. The second-order valence-electron chi connectivity index (χ2n) is 4.31. The molecule has 8 heteroatoms. The van der Waals surface area contributed by atoms with Gasteiger partial charge in [-0.15, -0.1) is 0 Å². The third kappa shape index (κ3) is 3.41. The summed E-state index contributed by atoms with van der Waals surface area (Å²) in [6.07, 6.45) is -5.77. The fraction of sp³-hybridized carbons (Fsp3) is 0.500. The van der Waals surface area contributed by atoms with Crippen molar-refractivity contribution in [1.82, 2.24) is 0 Å². The van der Waals surface area contributed by atoms with Crippen molar-refractivity contribution in [2.45, 2.75) is 34.8 Å². The van der Waals surface area contributed by atoms with Crippen LogP contribution in [0.1, 0.15) is 0 Å². The van der Waals surface area contributed by atoms with E-state index in [9.17, 15) is 14.6 Å². The number of aliphatic hydroxyl groups is 2. The van der Waals surface area contributed by atoms with Gasteiger partial charge in [0.05, 0.1) is 12.6 Å². The Kier molecular flexibility index (Phi) is 5.22. The Hall–Kier alpha value is -1.31. The first kappa shape index (κ1) is 15.1. The van der Waals surface area contributed by atoms with Crippen molar-refractivity contribution in [3.05, 3.63) is 40.8 Å². The van der Waals surface area contributed by atoms with Crippen molar-refractivity contribution in [3.8, 4) is 0 Å². The molecule has 1 aliphatic heterocycles. The van der Waals surface area contributed by atoms with Gasteiger partial charge in [-0.3, -0.25) is 0 Å². The van der Waals surface area contributed by atoms with Gasteiger partial charge in [0.1, 0.15) is 17.6 Å². The molecule has 0 amide bonds. The predicted octanol–water partition coefficient (Wildman–Crippen LogP) is 1.87.